The molecule has 2 rings (SSSR count). The molecule has 0 aliphatic rings. The Labute approximate surface area is 100 Å². The first-order valence-electron chi connectivity index (χ1n) is 4.66. The normalized spacial score (nSPS) is 9.69. The predicted octanol–water partition coefficient (Wildman–Crippen LogP) is 2.26. The first-order valence-corrected chi connectivity index (χ1v) is 4.66. The van der Waals surface area contributed by atoms with Crippen LogP contribution >= 0.6 is 12.4 Å². The van der Waals surface area contributed by atoms with Gasteiger partial charge in [-0.25, -0.2) is 10.8 Å². The van der Waals surface area contributed by atoms with Crippen LogP contribution in [0.1, 0.15) is 5.56 Å². The number of hydrogen-bond donors (Lipinski definition) is 2. The van der Waals surface area contributed by atoms with E-state index < -0.39 is 0 Å². The summed E-state index contributed by atoms with van der Waals surface area (Å²) >= 11 is 0. The number of halogens is 1. The second-order valence-corrected chi connectivity index (χ2v) is 3.36. The van der Waals surface area contributed by atoms with Gasteiger partial charge in [-0.05, 0) is 30.7 Å². The van der Waals surface area contributed by atoms with Crippen molar-refractivity contribution >= 4 is 29.1 Å². The van der Waals surface area contributed by atoms with Crippen LogP contribution in [0.4, 0.5) is 5.82 Å². The SMILES string of the molecule is COc1ccc2cc(C)c(NN)nc2c1.Cl. The van der Waals surface area contributed by atoms with Gasteiger partial charge in [0, 0.05) is 11.5 Å². The molecule has 0 unspecified atom stereocenters. The van der Waals surface area contributed by atoms with Crippen molar-refractivity contribution in [1.82, 2.24) is 4.98 Å². The summed E-state index contributed by atoms with van der Waals surface area (Å²) in [6, 6.07) is 7.82. The van der Waals surface area contributed by atoms with E-state index in [4.69, 9.17) is 10.6 Å². The van der Waals surface area contributed by atoms with Crippen molar-refractivity contribution in [2.75, 3.05) is 12.5 Å². The van der Waals surface area contributed by atoms with Gasteiger partial charge in [-0.3, -0.25) is 0 Å². The molecule has 1 aromatic carbocycles. The molecule has 16 heavy (non-hydrogen) atoms. The van der Waals surface area contributed by atoms with Gasteiger partial charge in [0.1, 0.15) is 11.6 Å². The molecule has 0 radical (unpaired) electrons. The third-order valence-electron chi connectivity index (χ3n) is 2.35. The van der Waals surface area contributed by atoms with Crippen molar-refractivity contribution in [2.24, 2.45) is 5.84 Å². The Balaban J connectivity index is 0.00000128. The molecule has 1 aromatic heterocycles. The van der Waals surface area contributed by atoms with E-state index in [0.29, 0.717) is 5.82 Å². The summed E-state index contributed by atoms with van der Waals surface area (Å²) in [7, 11) is 1.64. The minimum Gasteiger partial charge on any atom is -0.497 e. The Morgan fingerprint density at radius 2 is 2.06 bits per heavy atom. The third-order valence-corrected chi connectivity index (χ3v) is 2.35. The molecule has 86 valence electrons. The maximum atomic E-state index is 5.37. The lowest BCUT2D eigenvalue weighted by atomic mass is 10.1. The monoisotopic (exact) mass is 239 g/mol. The zero-order valence-corrected chi connectivity index (χ0v) is 9.97. The predicted molar refractivity (Wildman–Crippen MR) is 68.1 cm³/mol. The number of anilines is 1. The molecule has 3 N–H and O–H groups in total. The number of hydrazine groups is 1. The van der Waals surface area contributed by atoms with Crippen LogP contribution < -0.4 is 16.0 Å². The van der Waals surface area contributed by atoms with E-state index in [2.05, 4.69) is 10.4 Å². The number of aromatic nitrogens is 1. The zero-order valence-electron chi connectivity index (χ0n) is 9.15. The second-order valence-electron chi connectivity index (χ2n) is 3.36. The van der Waals surface area contributed by atoms with Gasteiger partial charge in [0.2, 0.25) is 0 Å². The van der Waals surface area contributed by atoms with Crippen molar-refractivity contribution < 1.29 is 4.74 Å². The Morgan fingerprint density at radius 1 is 1.31 bits per heavy atom. The molecule has 0 bridgehead atoms. The topological polar surface area (TPSA) is 60.2 Å². The molecule has 0 saturated carbocycles. The van der Waals surface area contributed by atoms with E-state index in [1.165, 1.54) is 0 Å². The van der Waals surface area contributed by atoms with Crippen LogP contribution in [-0.4, -0.2) is 12.1 Å². The Morgan fingerprint density at radius 3 is 2.69 bits per heavy atom. The van der Waals surface area contributed by atoms with Gasteiger partial charge in [0.15, 0.2) is 0 Å². The highest BCUT2D eigenvalue weighted by atomic mass is 35.5. The zero-order chi connectivity index (χ0) is 10.8. The van der Waals surface area contributed by atoms with Crippen molar-refractivity contribution in [3.8, 4) is 5.75 Å². The summed E-state index contributed by atoms with van der Waals surface area (Å²) in [5.74, 6) is 6.85. The second kappa shape index (κ2) is 5.01. The molecule has 1 heterocycles. The highest BCUT2D eigenvalue weighted by Crippen LogP contribution is 2.23. The molecule has 4 nitrogen and oxygen atoms in total. The molecule has 0 aliphatic heterocycles. The fourth-order valence-electron chi connectivity index (χ4n) is 1.53. The quantitative estimate of drug-likeness (QED) is 0.624. The molecule has 0 aliphatic carbocycles. The lowest BCUT2D eigenvalue weighted by Crippen LogP contribution is -2.10. The summed E-state index contributed by atoms with van der Waals surface area (Å²) in [6.07, 6.45) is 0. The van der Waals surface area contributed by atoms with Crippen LogP contribution in [0.2, 0.25) is 0 Å². The largest absolute Gasteiger partial charge is 0.497 e. The van der Waals surface area contributed by atoms with Gasteiger partial charge in [-0.2, -0.15) is 0 Å². The lowest BCUT2D eigenvalue weighted by Gasteiger charge is -2.07. The van der Waals surface area contributed by atoms with E-state index in [-0.39, 0.29) is 12.4 Å². The Kier molecular flexibility index (Phi) is 3.93. The third kappa shape index (κ3) is 2.18. The fraction of sp³-hybridized carbons (Fsp3) is 0.182. The van der Waals surface area contributed by atoms with E-state index in [1.807, 2.05) is 31.2 Å². The van der Waals surface area contributed by atoms with Gasteiger partial charge in [-0.15, -0.1) is 12.4 Å². The number of nitrogen functional groups attached to an aromatic ring is 1. The number of hydrogen-bond acceptors (Lipinski definition) is 4. The highest BCUT2D eigenvalue weighted by Gasteiger charge is 2.02. The van der Waals surface area contributed by atoms with Gasteiger partial charge in [-0.1, -0.05) is 0 Å². The summed E-state index contributed by atoms with van der Waals surface area (Å²) in [4.78, 5) is 4.39. The molecular formula is C11H14ClN3O. The van der Waals surface area contributed by atoms with Crippen LogP contribution in [-0.2, 0) is 0 Å². The number of methoxy groups -OCH3 is 1. The van der Waals surface area contributed by atoms with E-state index in [1.54, 1.807) is 7.11 Å². The van der Waals surface area contributed by atoms with Gasteiger partial charge in [0.05, 0.1) is 12.6 Å². The number of ether oxygens (including phenoxy) is 1. The van der Waals surface area contributed by atoms with E-state index in [9.17, 15) is 0 Å². The first-order chi connectivity index (χ1) is 7.24. The maximum Gasteiger partial charge on any atom is 0.143 e. The van der Waals surface area contributed by atoms with Crippen molar-refractivity contribution in [3.63, 3.8) is 0 Å². The van der Waals surface area contributed by atoms with E-state index in [0.717, 1.165) is 22.2 Å². The van der Waals surface area contributed by atoms with E-state index >= 15 is 0 Å². The van der Waals surface area contributed by atoms with Crippen LogP contribution in [0.25, 0.3) is 10.9 Å². The number of aryl methyl sites for hydroxylation is 1. The molecule has 2 aromatic rings. The summed E-state index contributed by atoms with van der Waals surface area (Å²) in [5.41, 5.74) is 4.46. The van der Waals surface area contributed by atoms with Crippen molar-refractivity contribution in [3.05, 3.63) is 29.8 Å². The number of fused-ring (bicyclic) bond motifs is 1. The number of nitrogens with zero attached hydrogens (tertiary/aromatic N) is 1. The molecule has 0 atom stereocenters. The standard InChI is InChI=1S/C11H13N3O.ClH/c1-7-5-8-3-4-9(15-2)6-10(8)13-11(7)14-12;/h3-6H,12H2,1-2H3,(H,13,14);1H. The molecule has 5 heteroatoms. The summed E-state index contributed by atoms with van der Waals surface area (Å²) < 4.78 is 5.13. The highest BCUT2D eigenvalue weighted by molar-refractivity contribution is 5.85. The minimum absolute atomic E-state index is 0. The van der Waals surface area contributed by atoms with Crippen LogP contribution in [0.15, 0.2) is 24.3 Å². The number of nitrogens with two attached hydrogens (primary N) is 1. The van der Waals surface area contributed by atoms with Crippen LogP contribution in [0.5, 0.6) is 5.75 Å². The smallest absolute Gasteiger partial charge is 0.143 e. The van der Waals surface area contributed by atoms with Crippen LogP contribution in [0, 0.1) is 6.92 Å². The van der Waals surface area contributed by atoms with Gasteiger partial charge < -0.3 is 10.2 Å². The maximum absolute atomic E-state index is 5.37. The molecule has 0 amide bonds. The number of benzene rings is 1. The molecule has 0 saturated heterocycles. The number of nitrogens with one attached hydrogen (secondary N) is 1. The van der Waals surface area contributed by atoms with Crippen molar-refractivity contribution in [1.29, 1.82) is 0 Å². The Bertz CT molecular complexity index is 502. The summed E-state index contributed by atoms with van der Waals surface area (Å²) in [5, 5.41) is 1.08. The number of pyridine rings is 1. The fourth-order valence-corrected chi connectivity index (χ4v) is 1.53. The van der Waals surface area contributed by atoms with Gasteiger partial charge in [0.25, 0.3) is 0 Å². The van der Waals surface area contributed by atoms with Crippen molar-refractivity contribution in [2.45, 2.75) is 6.92 Å². The number of rotatable bonds is 2. The average molecular weight is 240 g/mol. The first kappa shape index (κ1) is 12.5. The molecule has 0 spiro atoms. The lowest BCUT2D eigenvalue weighted by molar-refractivity contribution is 0.415. The summed E-state index contributed by atoms with van der Waals surface area (Å²) in [6.45, 7) is 1.96. The molecular weight excluding hydrogens is 226 g/mol. The minimum atomic E-state index is 0. The molecule has 0 fully saturated rings. The van der Waals surface area contributed by atoms with Crippen LogP contribution in [0.3, 0.4) is 0 Å². The van der Waals surface area contributed by atoms with Gasteiger partial charge >= 0.3 is 0 Å². The average Bonchev–Trinajstić information content (AvgIpc) is 2.27. The Hall–Kier alpha value is -1.52.